The Hall–Kier alpha value is -1.38. The second-order valence-corrected chi connectivity index (χ2v) is 7.33. The van der Waals surface area contributed by atoms with Crippen LogP contribution in [0.3, 0.4) is 0 Å². The molecule has 2 heterocycles. The first-order chi connectivity index (χ1) is 12.2. The van der Waals surface area contributed by atoms with E-state index in [9.17, 15) is 13.2 Å². The van der Waals surface area contributed by atoms with Crippen LogP contribution in [0.25, 0.3) is 0 Å². The summed E-state index contributed by atoms with van der Waals surface area (Å²) in [5.74, 6) is -0.770. The molecule has 0 aromatic heterocycles. The molecule has 144 valence electrons. The largest absolute Gasteiger partial charge is 0.460 e. The molecule has 0 saturated carbocycles. The minimum atomic E-state index is -4.38. The van der Waals surface area contributed by atoms with Crippen LogP contribution in [-0.4, -0.2) is 41.7 Å². The summed E-state index contributed by atoms with van der Waals surface area (Å²) in [4.78, 5) is 1.97. The number of ether oxygens (including phenoxy) is 3. The molecule has 0 N–H and O–H groups in total. The maximum absolute atomic E-state index is 12.8. The van der Waals surface area contributed by atoms with Gasteiger partial charge in [0.15, 0.2) is 11.9 Å². The second-order valence-electron chi connectivity index (χ2n) is 6.99. The number of benzene rings is 1. The maximum atomic E-state index is 12.8. The molecule has 3 rings (SSSR count). The van der Waals surface area contributed by atoms with Crippen LogP contribution < -0.4 is 0 Å². The average molecular weight is 389 g/mol. The van der Waals surface area contributed by atoms with Crippen LogP contribution in [0.2, 0.25) is 0 Å². The smallest absolute Gasteiger partial charge is 0.416 e. The van der Waals surface area contributed by atoms with Crippen LogP contribution in [-0.2, 0) is 20.4 Å². The van der Waals surface area contributed by atoms with Gasteiger partial charge in [-0.25, -0.2) is 0 Å². The molecule has 2 atom stereocenters. The maximum Gasteiger partial charge on any atom is 0.416 e. The predicted octanol–water partition coefficient (Wildman–Crippen LogP) is 4.30. The van der Waals surface area contributed by atoms with Crippen LogP contribution >= 0.6 is 12.2 Å². The number of thiocarbonyl (C=S) groups is 1. The van der Waals surface area contributed by atoms with Crippen LogP contribution in [0.5, 0.6) is 0 Å². The number of alkyl halides is 3. The first-order valence-corrected chi connectivity index (χ1v) is 9.01. The van der Waals surface area contributed by atoms with E-state index >= 15 is 0 Å². The van der Waals surface area contributed by atoms with Gasteiger partial charge in [-0.05, 0) is 56.6 Å². The molecular formula is C18H22F3NO3S. The molecule has 1 aromatic carbocycles. The molecule has 26 heavy (non-hydrogen) atoms. The third-order valence-corrected chi connectivity index (χ3v) is 4.88. The monoisotopic (exact) mass is 389 g/mol. The van der Waals surface area contributed by atoms with Crippen molar-refractivity contribution < 1.29 is 27.4 Å². The van der Waals surface area contributed by atoms with Crippen molar-refractivity contribution in [1.82, 2.24) is 4.90 Å². The highest BCUT2D eigenvalue weighted by Crippen LogP contribution is 2.35. The molecular weight excluding hydrogens is 367 g/mol. The zero-order valence-electron chi connectivity index (χ0n) is 14.7. The van der Waals surface area contributed by atoms with Gasteiger partial charge in [0.2, 0.25) is 0 Å². The molecule has 0 unspecified atom stereocenters. The fourth-order valence-corrected chi connectivity index (χ4v) is 3.45. The Morgan fingerprint density at radius 1 is 1.23 bits per heavy atom. The lowest BCUT2D eigenvalue weighted by atomic mass is 10.0. The molecule has 4 nitrogen and oxygen atoms in total. The molecule has 8 heteroatoms. The fraction of sp³-hybridized carbons (Fsp3) is 0.611. The molecule has 0 amide bonds. The Balaban J connectivity index is 1.81. The minimum Gasteiger partial charge on any atom is -0.460 e. The van der Waals surface area contributed by atoms with E-state index in [-0.39, 0.29) is 6.61 Å². The van der Waals surface area contributed by atoms with Gasteiger partial charge in [-0.2, -0.15) is 13.2 Å². The molecule has 2 fully saturated rings. The molecule has 2 aliphatic rings. The van der Waals surface area contributed by atoms with Gasteiger partial charge in [-0.3, -0.25) is 0 Å². The SMILES string of the molecule is CC1(C)OC[C@H]([C@@H](OC(=S)N2CCCC2)c2ccc(C(F)(F)F)cc2)O1. The van der Waals surface area contributed by atoms with Crippen LogP contribution in [0.4, 0.5) is 13.2 Å². The Morgan fingerprint density at radius 2 is 1.85 bits per heavy atom. The third kappa shape index (κ3) is 4.47. The number of hydrogen-bond donors (Lipinski definition) is 0. The van der Waals surface area contributed by atoms with Gasteiger partial charge in [0.1, 0.15) is 6.10 Å². The molecule has 0 aliphatic carbocycles. The van der Waals surface area contributed by atoms with E-state index in [2.05, 4.69) is 0 Å². The van der Waals surface area contributed by atoms with Crippen molar-refractivity contribution in [3.05, 3.63) is 35.4 Å². The highest BCUT2D eigenvalue weighted by atomic mass is 32.1. The minimum absolute atomic E-state index is 0.279. The number of halogens is 3. The first-order valence-electron chi connectivity index (χ1n) is 8.60. The molecule has 2 aliphatic heterocycles. The van der Waals surface area contributed by atoms with E-state index in [1.54, 1.807) is 13.8 Å². The fourth-order valence-electron chi connectivity index (χ4n) is 3.17. The van der Waals surface area contributed by atoms with E-state index in [4.69, 9.17) is 26.4 Å². The van der Waals surface area contributed by atoms with Crippen LogP contribution in [0, 0.1) is 0 Å². The lowest BCUT2D eigenvalue weighted by Gasteiger charge is -2.28. The first kappa shape index (κ1) is 19.4. The van der Waals surface area contributed by atoms with Crippen molar-refractivity contribution >= 4 is 17.4 Å². The van der Waals surface area contributed by atoms with Crippen LogP contribution in [0.1, 0.15) is 43.9 Å². The van der Waals surface area contributed by atoms with E-state index < -0.39 is 29.7 Å². The number of rotatable bonds is 3. The van der Waals surface area contributed by atoms with Gasteiger partial charge in [0, 0.05) is 13.1 Å². The van der Waals surface area contributed by atoms with Crippen molar-refractivity contribution in [2.24, 2.45) is 0 Å². The summed E-state index contributed by atoms with van der Waals surface area (Å²) >= 11 is 5.40. The van der Waals surface area contributed by atoms with Gasteiger partial charge in [-0.1, -0.05) is 12.1 Å². The molecule has 0 bridgehead atoms. The number of likely N-dealkylation sites (tertiary alicyclic amines) is 1. The normalized spacial score (nSPS) is 23.9. The standard InChI is InChI=1S/C18H22F3NO3S/c1-17(2)23-11-14(25-17)15(24-16(26)22-9-3-4-10-22)12-5-7-13(8-6-12)18(19,20)21/h5-8,14-15H,3-4,9-11H2,1-2H3/t14-,15+/m1/s1. The van der Waals surface area contributed by atoms with Crippen molar-refractivity contribution in [3.8, 4) is 0 Å². The highest BCUT2D eigenvalue weighted by Gasteiger charge is 2.40. The summed E-state index contributed by atoms with van der Waals surface area (Å²) in [6.07, 6.45) is -3.38. The summed E-state index contributed by atoms with van der Waals surface area (Å²) in [6, 6.07) is 4.92. The van der Waals surface area contributed by atoms with Gasteiger partial charge in [-0.15, -0.1) is 0 Å². The van der Waals surface area contributed by atoms with Crippen molar-refractivity contribution in [1.29, 1.82) is 0 Å². The lowest BCUT2D eigenvalue weighted by molar-refractivity contribution is -0.150. The highest BCUT2D eigenvalue weighted by molar-refractivity contribution is 7.80. The number of hydrogen-bond acceptors (Lipinski definition) is 4. The Morgan fingerprint density at radius 3 is 2.35 bits per heavy atom. The lowest BCUT2D eigenvalue weighted by Crippen LogP contribution is -2.34. The Bertz CT molecular complexity index is 642. The average Bonchev–Trinajstić information content (AvgIpc) is 3.21. The summed E-state index contributed by atoms with van der Waals surface area (Å²) in [5.41, 5.74) is -0.128. The summed E-state index contributed by atoms with van der Waals surface area (Å²) in [5, 5.41) is 0.348. The zero-order chi connectivity index (χ0) is 18.9. The summed E-state index contributed by atoms with van der Waals surface area (Å²) in [6.45, 7) is 5.50. The van der Waals surface area contributed by atoms with Gasteiger partial charge >= 0.3 is 6.18 Å². The van der Waals surface area contributed by atoms with E-state index in [0.717, 1.165) is 38.1 Å². The quantitative estimate of drug-likeness (QED) is 0.720. The second kappa shape index (κ2) is 7.32. The van der Waals surface area contributed by atoms with Crippen molar-refractivity contribution in [2.45, 2.75) is 50.9 Å². The van der Waals surface area contributed by atoms with Gasteiger partial charge in [0.05, 0.1) is 12.2 Å². The summed E-state index contributed by atoms with van der Waals surface area (Å²) < 4.78 is 56.0. The van der Waals surface area contributed by atoms with E-state index in [1.165, 1.54) is 12.1 Å². The number of nitrogens with zero attached hydrogens (tertiary/aromatic N) is 1. The van der Waals surface area contributed by atoms with Crippen LogP contribution in [0.15, 0.2) is 24.3 Å². The van der Waals surface area contributed by atoms with Crippen molar-refractivity contribution in [2.75, 3.05) is 19.7 Å². The summed E-state index contributed by atoms with van der Waals surface area (Å²) in [7, 11) is 0. The topological polar surface area (TPSA) is 30.9 Å². The molecule has 2 saturated heterocycles. The van der Waals surface area contributed by atoms with Crippen molar-refractivity contribution in [3.63, 3.8) is 0 Å². The van der Waals surface area contributed by atoms with E-state index in [1.807, 2.05) is 4.90 Å². The molecule has 0 spiro atoms. The Kier molecular flexibility index (Phi) is 5.46. The molecule has 0 radical (unpaired) electrons. The van der Waals surface area contributed by atoms with Gasteiger partial charge < -0.3 is 19.1 Å². The predicted molar refractivity (Wildman–Crippen MR) is 93.6 cm³/mol. The van der Waals surface area contributed by atoms with Gasteiger partial charge in [0.25, 0.3) is 5.17 Å². The zero-order valence-corrected chi connectivity index (χ0v) is 15.5. The Labute approximate surface area is 156 Å². The third-order valence-electron chi connectivity index (χ3n) is 4.53. The van der Waals surface area contributed by atoms with E-state index in [0.29, 0.717) is 10.7 Å². The molecule has 1 aromatic rings.